The topological polar surface area (TPSA) is 15.3 Å². The first-order valence-corrected chi connectivity index (χ1v) is 6.59. The van der Waals surface area contributed by atoms with E-state index in [4.69, 9.17) is 0 Å². The highest BCUT2D eigenvalue weighted by molar-refractivity contribution is 4.89. The van der Waals surface area contributed by atoms with Crippen LogP contribution >= 0.6 is 0 Å². The smallest absolute Gasteiger partial charge is 0.0133 e. The molecule has 1 rings (SSSR count). The molecule has 1 fully saturated rings. The molecule has 0 aromatic carbocycles. The van der Waals surface area contributed by atoms with E-state index in [9.17, 15) is 0 Å². The first-order chi connectivity index (χ1) is 7.19. The molecule has 1 aliphatic carbocycles. The van der Waals surface area contributed by atoms with Crippen molar-refractivity contribution in [2.75, 3.05) is 26.7 Å². The van der Waals surface area contributed by atoms with Crippen LogP contribution in [0.4, 0.5) is 0 Å². The molecule has 1 N–H and O–H groups in total. The van der Waals surface area contributed by atoms with Gasteiger partial charge in [-0.3, -0.25) is 0 Å². The average Bonchev–Trinajstić information content (AvgIpc) is 2.16. The van der Waals surface area contributed by atoms with E-state index in [0.717, 1.165) is 24.4 Å². The maximum Gasteiger partial charge on any atom is 0.0133 e. The summed E-state index contributed by atoms with van der Waals surface area (Å²) in [5.74, 6) is 1.74. The molecular weight excluding hydrogens is 184 g/mol. The molecule has 90 valence electrons. The lowest BCUT2D eigenvalue weighted by molar-refractivity contribution is 0.0727. The Morgan fingerprint density at radius 3 is 2.53 bits per heavy atom. The van der Waals surface area contributed by atoms with Gasteiger partial charge in [-0.1, -0.05) is 27.2 Å². The van der Waals surface area contributed by atoms with Crippen molar-refractivity contribution < 1.29 is 0 Å². The summed E-state index contributed by atoms with van der Waals surface area (Å²) in [6, 6.07) is 0.845. The van der Waals surface area contributed by atoms with Crippen LogP contribution in [0, 0.1) is 11.8 Å². The lowest BCUT2D eigenvalue weighted by atomic mass is 9.78. The van der Waals surface area contributed by atoms with Gasteiger partial charge in [-0.25, -0.2) is 0 Å². The highest BCUT2D eigenvalue weighted by atomic mass is 15.1. The molecule has 0 spiro atoms. The minimum absolute atomic E-state index is 0.843. The molecule has 1 aliphatic rings. The zero-order valence-electron chi connectivity index (χ0n) is 10.9. The van der Waals surface area contributed by atoms with Gasteiger partial charge < -0.3 is 10.2 Å². The summed E-state index contributed by atoms with van der Waals surface area (Å²) in [4.78, 5) is 2.58. The van der Waals surface area contributed by atoms with Crippen LogP contribution in [0.1, 0.15) is 40.0 Å². The minimum Gasteiger partial charge on any atom is -0.317 e. The standard InChI is InChI=1S/C13H28N2/c1-5-11(3)10-15(4)13-8-7-12(13)9-14-6-2/h11-14H,5-10H2,1-4H3. The van der Waals surface area contributed by atoms with Crippen LogP contribution in [0.25, 0.3) is 0 Å². The van der Waals surface area contributed by atoms with Gasteiger partial charge in [0, 0.05) is 12.6 Å². The molecular formula is C13H28N2. The van der Waals surface area contributed by atoms with E-state index in [0.29, 0.717) is 0 Å². The van der Waals surface area contributed by atoms with Gasteiger partial charge in [0.25, 0.3) is 0 Å². The van der Waals surface area contributed by atoms with E-state index >= 15 is 0 Å². The van der Waals surface area contributed by atoms with Crippen LogP contribution < -0.4 is 5.32 Å². The van der Waals surface area contributed by atoms with Crippen LogP contribution in [0.15, 0.2) is 0 Å². The summed E-state index contributed by atoms with van der Waals surface area (Å²) in [7, 11) is 2.30. The Morgan fingerprint density at radius 2 is 2.07 bits per heavy atom. The SMILES string of the molecule is CCNCC1CCC1N(C)CC(C)CC. The predicted octanol–water partition coefficient (Wildman–Crippen LogP) is 2.35. The normalized spacial score (nSPS) is 27.8. The van der Waals surface area contributed by atoms with Crippen molar-refractivity contribution in [1.82, 2.24) is 10.2 Å². The second-order valence-corrected chi connectivity index (χ2v) is 5.17. The van der Waals surface area contributed by atoms with E-state index in [1.807, 2.05) is 0 Å². The molecule has 0 aliphatic heterocycles. The van der Waals surface area contributed by atoms with E-state index in [-0.39, 0.29) is 0 Å². The van der Waals surface area contributed by atoms with Crippen LogP contribution in [0.3, 0.4) is 0 Å². The molecule has 2 nitrogen and oxygen atoms in total. The van der Waals surface area contributed by atoms with Crippen molar-refractivity contribution in [3.05, 3.63) is 0 Å². The Kier molecular flexibility index (Phi) is 5.62. The van der Waals surface area contributed by atoms with Gasteiger partial charge in [0.1, 0.15) is 0 Å². The van der Waals surface area contributed by atoms with Crippen LogP contribution in [-0.4, -0.2) is 37.6 Å². The van der Waals surface area contributed by atoms with Crippen molar-refractivity contribution in [2.45, 2.75) is 46.1 Å². The molecule has 0 bridgehead atoms. The van der Waals surface area contributed by atoms with Crippen LogP contribution in [-0.2, 0) is 0 Å². The van der Waals surface area contributed by atoms with Gasteiger partial charge in [0.05, 0.1) is 0 Å². The van der Waals surface area contributed by atoms with Gasteiger partial charge >= 0.3 is 0 Å². The Labute approximate surface area is 95.4 Å². The number of hydrogen-bond donors (Lipinski definition) is 1. The Balaban J connectivity index is 2.24. The highest BCUT2D eigenvalue weighted by Gasteiger charge is 2.33. The van der Waals surface area contributed by atoms with Gasteiger partial charge in [-0.15, -0.1) is 0 Å². The lowest BCUT2D eigenvalue weighted by Gasteiger charge is -2.43. The molecule has 1 saturated carbocycles. The first kappa shape index (κ1) is 13.0. The number of nitrogens with zero attached hydrogens (tertiary/aromatic N) is 1. The fourth-order valence-electron chi connectivity index (χ4n) is 2.46. The Hall–Kier alpha value is -0.0800. The zero-order chi connectivity index (χ0) is 11.3. The van der Waals surface area contributed by atoms with Crippen molar-refractivity contribution in [3.8, 4) is 0 Å². The van der Waals surface area contributed by atoms with E-state index in [1.165, 1.54) is 32.4 Å². The van der Waals surface area contributed by atoms with Gasteiger partial charge in [-0.05, 0) is 44.8 Å². The largest absolute Gasteiger partial charge is 0.317 e. The van der Waals surface area contributed by atoms with Gasteiger partial charge in [0.2, 0.25) is 0 Å². The van der Waals surface area contributed by atoms with Crippen LogP contribution in [0.5, 0.6) is 0 Å². The van der Waals surface area contributed by atoms with Crippen molar-refractivity contribution >= 4 is 0 Å². The van der Waals surface area contributed by atoms with Crippen molar-refractivity contribution in [2.24, 2.45) is 11.8 Å². The fourth-order valence-corrected chi connectivity index (χ4v) is 2.46. The van der Waals surface area contributed by atoms with E-state index in [1.54, 1.807) is 0 Å². The second-order valence-electron chi connectivity index (χ2n) is 5.17. The Bertz CT molecular complexity index is 170. The molecule has 0 radical (unpaired) electrons. The molecule has 0 saturated heterocycles. The fraction of sp³-hybridized carbons (Fsp3) is 1.00. The van der Waals surface area contributed by atoms with Crippen molar-refractivity contribution in [1.29, 1.82) is 0 Å². The van der Waals surface area contributed by atoms with Crippen molar-refractivity contribution in [3.63, 3.8) is 0 Å². The summed E-state index contributed by atoms with van der Waals surface area (Å²) in [5, 5.41) is 3.48. The molecule has 15 heavy (non-hydrogen) atoms. The van der Waals surface area contributed by atoms with E-state index < -0.39 is 0 Å². The number of hydrogen-bond acceptors (Lipinski definition) is 2. The van der Waals surface area contributed by atoms with Gasteiger partial charge in [-0.2, -0.15) is 0 Å². The Morgan fingerprint density at radius 1 is 1.33 bits per heavy atom. The van der Waals surface area contributed by atoms with Crippen LogP contribution in [0.2, 0.25) is 0 Å². The third-order valence-corrected chi connectivity index (χ3v) is 3.90. The maximum atomic E-state index is 3.48. The molecule has 0 aromatic rings. The minimum atomic E-state index is 0.843. The summed E-state index contributed by atoms with van der Waals surface area (Å²) < 4.78 is 0. The maximum absolute atomic E-state index is 3.48. The summed E-state index contributed by atoms with van der Waals surface area (Å²) in [6.45, 7) is 10.4. The quantitative estimate of drug-likeness (QED) is 0.697. The molecule has 2 heteroatoms. The zero-order valence-corrected chi connectivity index (χ0v) is 10.9. The number of nitrogens with one attached hydrogen (secondary N) is 1. The molecule has 3 atom stereocenters. The van der Waals surface area contributed by atoms with Gasteiger partial charge in [0.15, 0.2) is 0 Å². The molecule has 0 amide bonds. The summed E-state index contributed by atoms with van der Waals surface area (Å²) in [5.41, 5.74) is 0. The summed E-state index contributed by atoms with van der Waals surface area (Å²) >= 11 is 0. The molecule has 0 aromatic heterocycles. The third-order valence-electron chi connectivity index (χ3n) is 3.90. The second kappa shape index (κ2) is 6.49. The average molecular weight is 212 g/mol. The molecule has 3 unspecified atom stereocenters. The third kappa shape index (κ3) is 3.76. The van der Waals surface area contributed by atoms with E-state index in [2.05, 4.69) is 38.0 Å². The first-order valence-electron chi connectivity index (χ1n) is 6.59. The highest BCUT2D eigenvalue weighted by Crippen LogP contribution is 2.31. The molecule has 0 heterocycles. The lowest BCUT2D eigenvalue weighted by Crippen LogP contribution is -2.50. The predicted molar refractivity (Wildman–Crippen MR) is 67.1 cm³/mol. The summed E-state index contributed by atoms with van der Waals surface area (Å²) in [6.07, 6.45) is 4.13. The number of rotatable bonds is 7. The monoisotopic (exact) mass is 212 g/mol.